The summed E-state index contributed by atoms with van der Waals surface area (Å²) in [4.78, 5) is 48.2. The number of aliphatic imine (C=N–C) groups is 1. The molecule has 1 aromatic heterocycles. The molecule has 0 N–H and O–H groups in total. The van der Waals surface area contributed by atoms with E-state index in [1.165, 1.54) is 17.1 Å². The minimum atomic E-state index is -0.550. The number of aldehydes is 2. The van der Waals surface area contributed by atoms with E-state index in [1.807, 2.05) is 24.3 Å². The lowest BCUT2D eigenvalue weighted by atomic mass is 10.2. The standard InChI is InChI=1S/C15H16N2O4.C8H9NO3/c1-3-21-15(19)14-12(10-18)8-16-17(14)9-11-4-6-13(20-2)7-5-11;1-2-12-8(11)7-4-9-3-6(7)5-10/h4-8,10H,3,9H2,1-2H3;3,5H,2,4H2,1H3. The van der Waals surface area contributed by atoms with Gasteiger partial charge in [0.1, 0.15) is 5.75 Å². The fourth-order valence-corrected chi connectivity index (χ4v) is 2.84. The van der Waals surface area contributed by atoms with Crippen LogP contribution in [0.5, 0.6) is 5.75 Å². The molecule has 0 amide bonds. The van der Waals surface area contributed by atoms with Crippen LogP contribution in [0.3, 0.4) is 0 Å². The second-order valence-electron chi connectivity index (χ2n) is 6.53. The quantitative estimate of drug-likeness (QED) is 0.415. The van der Waals surface area contributed by atoms with E-state index in [0.29, 0.717) is 36.9 Å². The van der Waals surface area contributed by atoms with E-state index in [1.54, 1.807) is 21.0 Å². The van der Waals surface area contributed by atoms with E-state index < -0.39 is 11.9 Å². The summed E-state index contributed by atoms with van der Waals surface area (Å²) >= 11 is 0. The lowest BCUT2D eigenvalue weighted by Gasteiger charge is -2.08. The predicted octanol–water partition coefficient (Wildman–Crippen LogP) is 2.06. The first-order chi connectivity index (χ1) is 16.0. The Morgan fingerprint density at radius 1 is 1.03 bits per heavy atom. The predicted molar refractivity (Wildman–Crippen MR) is 119 cm³/mol. The van der Waals surface area contributed by atoms with E-state index in [0.717, 1.165) is 11.3 Å². The Morgan fingerprint density at radius 2 is 1.70 bits per heavy atom. The zero-order chi connectivity index (χ0) is 24.2. The average molecular weight is 455 g/mol. The van der Waals surface area contributed by atoms with Gasteiger partial charge in [0.15, 0.2) is 18.3 Å². The van der Waals surface area contributed by atoms with Gasteiger partial charge in [0.05, 0.1) is 50.7 Å². The Kier molecular flexibility index (Phi) is 9.69. The van der Waals surface area contributed by atoms with E-state index in [9.17, 15) is 19.2 Å². The normalized spacial score (nSPS) is 12.0. The van der Waals surface area contributed by atoms with Crippen LogP contribution in [0.15, 0.2) is 46.6 Å². The van der Waals surface area contributed by atoms with Crippen molar-refractivity contribution < 1.29 is 33.4 Å². The van der Waals surface area contributed by atoms with E-state index in [2.05, 4.69) is 10.1 Å². The van der Waals surface area contributed by atoms with Gasteiger partial charge in [-0.3, -0.25) is 19.3 Å². The maximum atomic E-state index is 11.9. The largest absolute Gasteiger partial charge is 0.497 e. The molecule has 0 saturated heterocycles. The summed E-state index contributed by atoms with van der Waals surface area (Å²) in [6.45, 7) is 4.61. The Bertz CT molecular complexity index is 1050. The molecule has 0 spiro atoms. The molecule has 174 valence electrons. The second kappa shape index (κ2) is 12.7. The van der Waals surface area contributed by atoms with Crippen molar-refractivity contribution in [2.24, 2.45) is 4.99 Å². The molecule has 2 aromatic rings. The van der Waals surface area contributed by atoms with E-state index >= 15 is 0 Å². The molecule has 1 aliphatic heterocycles. The summed E-state index contributed by atoms with van der Waals surface area (Å²) in [7, 11) is 1.59. The summed E-state index contributed by atoms with van der Waals surface area (Å²) in [5.74, 6) is -0.249. The van der Waals surface area contributed by atoms with Crippen molar-refractivity contribution in [3.8, 4) is 5.75 Å². The van der Waals surface area contributed by atoms with Crippen LogP contribution in [-0.2, 0) is 25.6 Å². The van der Waals surface area contributed by atoms with Gasteiger partial charge < -0.3 is 14.2 Å². The molecule has 10 nitrogen and oxygen atoms in total. The first-order valence-electron chi connectivity index (χ1n) is 10.1. The highest BCUT2D eigenvalue weighted by atomic mass is 16.5. The van der Waals surface area contributed by atoms with Gasteiger partial charge in [-0.15, -0.1) is 0 Å². The number of carbonyl (C=O) groups is 4. The topological polar surface area (TPSA) is 126 Å². The SMILES string of the molecule is CCOC(=O)C1=C(C=O)C=NC1.CCOC(=O)c1c(C=O)cnn1Cc1ccc(OC)cc1. The molecular formula is C23H25N3O7. The van der Waals surface area contributed by atoms with Crippen molar-refractivity contribution in [2.75, 3.05) is 26.9 Å². The second-order valence-corrected chi connectivity index (χ2v) is 6.53. The van der Waals surface area contributed by atoms with Crippen LogP contribution >= 0.6 is 0 Å². The molecule has 0 aliphatic carbocycles. The zero-order valence-electron chi connectivity index (χ0n) is 18.6. The molecule has 10 heteroatoms. The van der Waals surface area contributed by atoms with Crippen LogP contribution < -0.4 is 4.74 Å². The Hall–Kier alpha value is -4.08. The molecule has 1 aliphatic rings. The van der Waals surface area contributed by atoms with Gasteiger partial charge in [-0.2, -0.15) is 5.10 Å². The molecule has 3 rings (SSSR count). The maximum absolute atomic E-state index is 11.9. The Morgan fingerprint density at radius 3 is 2.27 bits per heavy atom. The number of methoxy groups -OCH3 is 1. The monoisotopic (exact) mass is 455 g/mol. The van der Waals surface area contributed by atoms with Crippen LogP contribution in [-0.4, -0.2) is 67.4 Å². The van der Waals surface area contributed by atoms with Gasteiger partial charge in [-0.05, 0) is 31.5 Å². The molecule has 0 radical (unpaired) electrons. The number of allylic oxidation sites excluding steroid dienone is 1. The van der Waals surface area contributed by atoms with Crippen molar-refractivity contribution >= 4 is 30.7 Å². The van der Waals surface area contributed by atoms with Gasteiger partial charge >= 0.3 is 11.9 Å². The molecular weight excluding hydrogens is 430 g/mol. The number of carbonyl (C=O) groups excluding carboxylic acids is 4. The van der Waals surface area contributed by atoms with Crippen molar-refractivity contribution in [2.45, 2.75) is 20.4 Å². The van der Waals surface area contributed by atoms with Crippen molar-refractivity contribution in [3.05, 3.63) is 58.4 Å². The smallest absolute Gasteiger partial charge is 0.357 e. The van der Waals surface area contributed by atoms with Crippen molar-refractivity contribution in [1.29, 1.82) is 0 Å². The number of hydrogen-bond acceptors (Lipinski definition) is 9. The van der Waals surface area contributed by atoms with Gasteiger partial charge in [-0.1, -0.05) is 12.1 Å². The fourth-order valence-electron chi connectivity index (χ4n) is 2.84. The molecule has 2 heterocycles. The molecule has 0 saturated carbocycles. The van der Waals surface area contributed by atoms with Crippen LogP contribution in [0.2, 0.25) is 0 Å². The number of aromatic nitrogens is 2. The third-order valence-corrected chi connectivity index (χ3v) is 4.43. The van der Waals surface area contributed by atoms with E-state index in [4.69, 9.17) is 14.2 Å². The average Bonchev–Trinajstić information content (AvgIpc) is 3.47. The van der Waals surface area contributed by atoms with Crippen LogP contribution in [0.4, 0.5) is 0 Å². The van der Waals surface area contributed by atoms with Gasteiger partial charge in [-0.25, -0.2) is 9.59 Å². The molecule has 0 unspecified atom stereocenters. The number of rotatable bonds is 9. The third kappa shape index (κ3) is 6.70. The number of ether oxygens (including phenoxy) is 3. The minimum Gasteiger partial charge on any atom is -0.497 e. The lowest BCUT2D eigenvalue weighted by Crippen LogP contribution is -2.15. The van der Waals surface area contributed by atoms with Gasteiger partial charge in [0.25, 0.3) is 0 Å². The van der Waals surface area contributed by atoms with Gasteiger partial charge in [0, 0.05) is 11.8 Å². The van der Waals surface area contributed by atoms with Crippen molar-refractivity contribution in [3.63, 3.8) is 0 Å². The summed E-state index contributed by atoms with van der Waals surface area (Å²) < 4.78 is 16.2. The van der Waals surface area contributed by atoms with E-state index in [-0.39, 0.29) is 24.4 Å². The molecule has 0 fully saturated rings. The zero-order valence-corrected chi connectivity index (χ0v) is 18.6. The Labute approximate surface area is 190 Å². The number of hydrogen-bond donors (Lipinski definition) is 0. The first-order valence-corrected chi connectivity index (χ1v) is 10.1. The summed E-state index contributed by atoms with van der Waals surface area (Å²) in [5, 5.41) is 4.08. The summed E-state index contributed by atoms with van der Waals surface area (Å²) in [5.41, 5.74) is 2.01. The molecule has 1 aromatic carbocycles. The molecule has 0 bridgehead atoms. The van der Waals surface area contributed by atoms with Crippen LogP contribution in [0.1, 0.15) is 40.3 Å². The number of esters is 2. The first kappa shape index (κ1) is 25.2. The highest BCUT2D eigenvalue weighted by Crippen LogP contribution is 2.15. The maximum Gasteiger partial charge on any atom is 0.357 e. The molecule has 0 atom stereocenters. The number of benzene rings is 1. The fraction of sp³-hybridized carbons (Fsp3) is 0.304. The Balaban J connectivity index is 0.000000273. The summed E-state index contributed by atoms with van der Waals surface area (Å²) in [6.07, 6.45) is 3.97. The third-order valence-electron chi connectivity index (χ3n) is 4.43. The number of nitrogens with zero attached hydrogens (tertiary/aromatic N) is 3. The lowest BCUT2D eigenvalue weighted by molar-refractivity contribution is -0.138. The van der Waals surface area contributed by atoms with Crippen molar-refractivity contribution in [1.82, 2.24) is 9.78 Å². The van der Waals surface area contributed by atoms with Crippen LogP contribution in [0.25, 0.3) is 0 Å². The highest BCUT2D eigenvalue weighted by Gasteiger charge is 2.20. The highest BCUT2D eigenvalue weighted by molar-refractivity contribution is 6.12. The van der Waals surface area contributed by atoms with Crippen LogP contribution in [0, 0.1) is 0 Å². The summed E-state index contributed by atoms with van der Waals surface area (Å²) in [6, 6.07) is 7.39. The molecule has 33 heavy (non-hydrogen) atoms. The minimum absolute atomic E-state index is 0.169. The van der Waals surface area contributed by atoms with Gasteiger partial charge in [0.2, 0.25) is 0 Å².